The van der Waals surface area contributed by atoms with Gasteiger partial charge in [0.05, 0.1) is 8.96 Å². The van der Waals surface area contributed by atoms with Crippen LogP contribution in [-0.4, -0.2) is 10.2 Å². The van der Waals surface area contributed by atoms with Gasteiger partial charge in [-0.15, -0.1) is 0 Å². The first-order chi connectivity index (χ1) is 10.6. The van der Waals surface area contributed by atoms with Gasteiger partial charge in [-0.1, -0.05) is 12.1 Å². The maximum absolute atomic E-state index is 12.2. The van der Waals surface area contributed by atoms with E-state index >= 15 is 0 Å². The molecule has 1 aliphatic heterocycles. The van der Waals surface area contributed by atoms with E-state index in [0.29, 0.717) is 25.9 Å². The Morgan fingerprint density at radius 3 is 2.68 bits per heavy atom. The van der Waals surface area contributed by atoms with E-state index < -0.39 is 11.7 Å². The Hall–Kier alpha value is -2.06. The smallest absolute Gasteiger partial charge is 0.346 e. The van der Waals surface area contributed by atoms with Crippen molar-refractivity contribution in [1.82, 2.24) is 0 Å². The van der Waals surface area contributed by atoms with Crippen molar-refractivity contribution in [3.05, 3.63) is 61.5 Å². The average Bonchev–Trinajstić information content (AvgIpc) is 2.51. The minimum atomic E-state index is -1.16. The molecule has 22 heavy (non-hydrogen) atoms. The number of aliphatic hydroxyl groups is 1. The topological polar surface area (TPSA) is 79.9 Å². The molecule has 0 aliphatic carbocycles. The molecule has 3 aromatic rings. The highest BCUT2D eigenvalue weighted by Crippen LogP contribution is 2.48. The maximum Gasteiger partial charge on any atom is 0.346 e. The molecule has 2 N–H and O–H groups in total. The lowest BCUT2D eigenvalue weighted by Gasteiger charge is -2.25. The van der Waals surface area contributed by atoms with E-state index in [-0.39, 0.29) is 17.1 Å². The quantitative estimate of drug-likeness (QED) is 0.441. The first kappa shape index (κ1) is 13.6. The number of hydrogen-bond acceptors (Lipinski definition) is 5. The second kappa shape index (κ2) is 4.72. The van der Waals surface area contributed by atoms with E-state index in [2.05, 4.69) is 0 Å². The van der Waals surface area contributed by atoms with Crippen LogP contribution < -0.4 is 10.4 Å². The number of aromatic hydroxyl groups is 1. The lowest BCUT2D eigenvalue weighted by Crippen LogP contribution is -2.19. The second-order valence-electron chi connectivity index (χ2n) is 4.95. The minimum Gasteiger partial charge on any atom is -0.507 e. The van der Waals surface area contributed by atoms with E-state index in [1.165, 1.54) is 12.1 Å². The molecule has 0 saturated carbocycles. The second-order valence-corrected chi connectivity index (χ2v) is 6.03. The van der Waals surface area contributed by atoms with Gasteiger partial charge in [0, 0.05) is 5.56 Å². The number of phenols is 1. The minimum absolute atomic E-state index is 0.0577. The zero-order valence-electron chi connectivity index (χ0n) is 11.0. The van der Waals surface area contributed by atoms with Crippen LogP contribution in [0.15, 0.2) is 45.6 Å². The van der Waals surface area contributed by atoms with Crippen LogP contribution in [-0.2, 0) is 0 Å². The summed E-state index contributed by atoms with van der Waals surface area (Å²) in [5.41, 5.74) is 0.261. The highest BCUT2D eigenvalue weighted by Gasteiger charge is 2.33. The van der Waals surface area contributed by atoms with Gasteiger partial charge in [0.15, 0.2) is 11.5 Å². The Bertz CT molecular complexity index is 976. The van der Waals surface area contributed by atoms with Crippen molar-refractivity contribution in [3.8, 4) is 17.2 Å². The molecule has 2 heterocycles. The van der Waals surface area contributed by atoms with Crippen LogP contribution in [0.1, 0.15) is 17.2 Å². The van der Waals surface area contributed by atoms with Gasteiger partial charge in [0.2, 0.25) is 0 Å². The predicted molar refractivity (Wildman–Crippen MR) is 87.4 cm³/mol. The van der Waals surface area contributed by atoms with Crippen LogP contribution in [0.3, 0.4) is 0 Å². The lowest BCUT2D eigenvalue weighted by molar-refractivity contribution is 0.197. The van der Waals surface area contributed by atoms with Crippen LogP contribution in [0.2, 0.25) is 0 Å². The molecule has 5 nitrogen and oxygen atoms in total. The summed E-state index contributed by atoms with van der Waals surface area (Å²) < 4.78 is 11.6. The first-order valence-corrected chi connectivity index (χ1v) is 7.59. The van der Waals surface area contributed by atoms with Crippen LogP contribution in [0, 0.1) is 3.57 Å². The summed E-state index contributed by atoms with van der Waals surface area (Å²) in [5.74, 6) is 0.689. The monoisotopic (exact) mass is 408 g/mol. The summed E-state index contributed by atoms with van der Waals surface area (Å²) in [6, 6.07) is 9.96. The molecule has 0 radical (unpaired) electrons. The van der Waals surface area contributed by atoms with Crippen molar-refractivity contribution < 1.29 is 19.4 Å². The fourth-order valence-electron chi connectivity index (χ4n) is 2.62. The normalized spacial score (nSPS) is 16.0. The number of fused-ring (bicyclic) bond motifs is 4. The number of aliphatic hydroxyl groups excluding tert-OH is 1. The van der Waals surface area contributed by atoms with Crippen molar-refractivity contribution in [1.29, 1.82) is 0 Å². The SMILES string of the molecule is O=c1oc2ccccc2c2c1C(O)c1ccc(O)c(I)c1O2. The average molecular weight is 408 g/mol. The summed E-state index contributed by atoms with van der Waals surface area (Å²) in [5, 5.41) is 21.0. The molecule has 2 aromatic carbocycles. The molecule has 0 amide bonds. The van der Waals surface area contributed by atoms with Crippen molar-refractivity contribution in [3.63, 3.8) is 0 Å². The molecule has 0 bridgehead atoms. The van der Waals surface area contributed by atoms with Crippen molar-refractivity contribution in [2.24, 2.45) is 0 Å². The van der Waals surface area contributed by atoms with Gasteiger partial charge < -0.3 is 19.4 Å². The van der Waals surface area contributed by atoms with Gasteiger partial charge >= 0.3 is 5.63 Å². The number of halogens is 1. The molecule has 0 spiro atoms. The standard InChI is InChI=1S/C16H9IO5/c17-12-9(18)6-5-8-13(19)11-14(22-15(8)12)7-3-1-2-4-10(7)21-16(11)20/h1-6,13,18-19H. The van der Waals surface area contributed by atoms with Gasteiger partial charge in [0.25, 0.3) is 0 Å². The first-order valence-electron chi connectivity index (χ1n) is 6.51. The largest absolute Gasteiger partial charge is 0.507 e. The zero-order chi connectivity index (χ0) is 15.4. The van der Waals surface area contributed by atoms with Crippen molar-refractivity contribution in [2.45, 2.75) is 6.10 Å². The number of ether oxygens (including phenoxy) is 1. The maximum atomic E-state index is 12.2. The summed E-state index contributed by atoms with van der Waals surface area (Å²) >= 11 is 1.94. The van der Waals surface area contributed by atoms with Crippen LogP contribution >= 0.6 is 22.6 Å². The van der Waals surface area contributed by atoms with E-state index in [0.717, 1.165) is 0 Å². The lowest BCUT2D eigenvalue weighted by atomic mass is 9.97. The van der Waals surface area contributed by atoms with Crippen LogP contribution in [0.25, 0.3) is 11.0 Å². The molecule has 1 aliphatic rings. The molecule has 1 unspecified atom stereocenters. The Labute approximate surface area is 137 Å². The molecule has 110 valence electrons. The highest BCUT2D eigenvalue weighted by molar-refractivity contribution is 14.1. The number of phenolic OH excluding ortho intramolecular Hbond substituents is 1. The van der Waals surface area contributed by atoms with Gasteiger partial charge in [-0.3, -0.25) is 0 Å². The van der Waals surface area contributed by atoms with E-state index in [1.54, 1.807) is 24.3 Å². The van der Waals surface area contributed by atoms with Crippen molar-refractivity contribution in [2.75, 3.05) is 0 Å². The Kier molecular flexibility index (Phi) is 2.92. The van der Waals surface area contributed by atoms with Gasteiger partial charge in [0.1, 0.15) is 23.0 Å². The molecule has 1 atom stereocenters. The number of rotatable bonds is 0. The van der Waals surface area contributed by atoms with E-state index in [1.807, 2.05) is 22.6 Å². The third kappa shape index (κ3) is 1.77. The molecular formula is C16H9IO5. The third-order valence-corrected chi connectivity index (χ3v) is 4.72. The molecule has 4 rings (SSSR count). The molecule has 1 aromatic heterocycles. The summed E-state index contributed by atoms with van der Waals surface area (Å²) in [6.45, 7) is 0. The van der Waals surface area contributed by atoms with Gasteiger partial charge in [-0.05, 0) is 46.9 Å². The zero-order valence-corrected chi connectivity index (χ0v) is 13.2. The van der Waals surface area contributed by atoms with Gasteiger partial charge in [-0.25, -0.2) is 4.79 Å². The van der Waals surface area contributed by atoms with E-state index in [4.69, 9.17) is 9.15 Å². The Balaban J connectivity index is 2.09. The number of para-hydroxylation sites is 1. The Morgan fingerprint density at radius 2 is 1.86 bits per heavy atom. The van der Waals surface area contributed by atoms with Crippen LogP contribution in [0.4, 0.5) is 0 Å². The fraction of sp³-hybridized carbons (Fsp3) is 0.0625. The summed E-state index contributed by atoms with van der Waals surface area (Å²) in [6.07, 6.45) is -1.16. The number of benzene rings is 2. The van der Waals surface area contributed by atoms with Crippen molar-refractivity contribution >= 4 is 33.6 Å². The molecule has 0 fully saturated rings. The summed E-state index contributed by atoms with van der Waals surface area (Å²) in [7, 11) is 0. The molecule has 0 saturated heterocycles. The molecular weight excluding hydrogens is 399 g/mol. The molecule has 6 heteroatoms. The Morgan fingerprint density at radius 1 is 1.09 bits per heavy atom. The summed E-state index contributed by atoms with van der Waals surface area (Å²) in [4.78, 5) is 12.2. The number of hydrogen-bond donors (Lipinski definition) is 2. The fourth-order valence-corrected chi connectivity index (χ4v) is 3.22. The van der Waals surface area contributed by atoms with E-state index in [9.17, 15) is 15.0 Å². The van der Waals surface area contributed by atoms with Gasteiger partial charge in [-0.2, -0.15) is 0 Å². The highest BCUT2D eigenvalue weighted by atomic mass is 127. The van der Waals surface area contributed by atoms with Crippen LogP contribution in [0.5, 0.6) is 17.2 Å². The third-order valence-electron chi connectivity index (χ3n) is 3.68. The predicted octanol–water partition coefficient (Wildman–Crippen LogP) is 3.29.